The number of nitriles is 1. The van der Waals surface area contributed by atoms with E-state index in [4.69, 9.17) is 9.72 Å². The van der Waals surface area contributed by atoms with Crippen LogP contribution in [0.25, 0.3) is 33.3 Å². The number of hydrogen-bond donors (Lipinski definition) is 1. The predicted octanol–water partition coefficient (Wildman–Crippen LogP) is 6.20. The molecule has 0 bridgehead atoms. The molecule has 8 heteroatoms. The topological polar surface area (TPSA) is 99.1 Å². The van der Waals surface area contributed by atoms with Gasteiger partial charge in [0.2, 0.25) is 11.8 Å². The molecule has 0 radical (unpaired) electrons. The van der Waals surface area contributed by atoms with Gasteiger partial charge >= 0.3 is 0 Å². The van der Waals surface area contributed by atoms with Crippen molar-refractivity contribution in [2.45, 2.75) is 16.7 Å². The monoisotopic (exact) mass is 530 g/mol. The van der Waals surface area contributed by atoms with Crippen molar-refractivity contribution < 1.29 is 14.3 Å². The van der Waals surface area contributed by atoms with E-state index < -0.39 is 5.25 Å². The van der Waals surface area contributed by atoms with Crippen molar-refractivity contribution in [2.75, 3.05) is 12.0 Å². The summed E-state index contributed by atoms with van der Waals surface area (Å²) in [6.07, 6.45) is 1.84. The summed E-state index contributed by atoms with van der Waals surface area (Å²) in [5, 5.41) is 10.9. The first kappa shape index (κ1) is 24.5. The molecule has 1 atom stereocenters. The van der Waals surface area contributed by atoms with Gasteiger partial charge in [0.1, 0.15) is 16.8 Å². The number of hydrogen-bond acceptors (Lipinski definition) is 6. The van der Waals surface area contributed by atoms with Crippen molar-refractivity contribution in [1.82, 2.24) is 9.97 Å². The van der Waals surface area contributed by atoms with Crippen LogP contribution < -0.4 is 9.64 Å². The normalized spacial score (nSPS) is 15.1. The zero-order chi connectivity index (χ0) is 26.9. The van der Waals surface area contributed by atoms with E-state index in [9.17, 15) is 14.9 Å². The van der Waals surface area contributed by atoms with Crippen molar-refractivity contribution >= 4 is 40.2 Å². The molecule has 2 aromatic heterocycles. The number of benzene rings is 3. The van der Waals surface area contributed by atoms with Crippen molar-refractivity contribution in [3.8, 4) is 34.2 Å². The van der Waals surface area contributed by atoms with E-state index in [0.29, 0.717) is 33.3 Å². The molecule has 1 saturated heterocycles. The largest absolute Gasteiger partial charge is 0.497 e. The number of imide groups is 1. The second kappa shape index (κ2) is 10.1. The number of H-pyrrole nitrogens is 1. The average molecular weight is 531 g/mol. The van der Waals surface area contributed by atoms with Crippen molar-refractivity contribution in [3.63, 3.8) is 0 Å². The van der Waals surface area contributed by atoms with Crippen LogP contribution in [0.15, 0.2) is 96.2 Å². The molecule has 190 valence electrons. The van der Waals surface area contributed by atoms with E-state index in [0.717, 1.165) is 22.0 Å². The Labute approximate surface area is 229 Å². The number of aromatic amines is 1. The lowest BCUT2D eigenvalue weighted by atomic mass is 9.99. The number of pyridine rings is 1. The van der Waals surface area contributed by atoms with Crippen LogP contribution in [-0.2, 0) is 9.59 Å². The van der Waals surface area contributed by atoms with E-state index in [1.54, 1.807) is 19.2 Å². The van der Waals surface area contributed by atoms with Crippen LogP contribution in [0.2, 0.25) is 0 Å². The summed E-state index contributed by atoms with van der Waals surface area (Å²) >= 11 is 1.17. The summed E-state index contributed by atoms with van der Waals surface area (Å²) in [6.45, 7) is 0. The summed E-state index contributed by atoms with van der Waals surface area (Å²) in [6, 6.07) is 28.7. The SMILES string of the molecule is COc1ccc(-c2cc(-c3ccccc3)nc(SC3CC(=O)N(c4ccc5cc[nH]c5c4)C3=O)c2C#N)cc1. The number of nitrogens with zero attached hydrogens (tertiary/aromatic N) is 3. The maximum atomic E-state index is 13.5. The fourth-order valence-electron chi connectivity index (χ4n) is 4.75. The summed E-state index contributed by atoms with van der Waals surface area (Å²) in [7, 11) is 1.60. The number of thioether (sulfide) groups is 1. The van der Waals surface area contributed by atoms with Gasteiger partial charge in [0, 0.05) is 29.3 Å². The Balaban J connectivity index is 1.40. The van der Waals surface area contributed by atoms with Gasteiger partial charge in [0.25, 0.3) is 0 Å². The molecule has 3 heterocycles. The molecule has 5 aromatic rings. The summed E-state index contributed by atoms with van der Waals surface area (Å²) in [4.78, 5) is 35.7. The Morgan fingerprint density at radius 1 is 1.00 bits per heavy atom. The Morgan fingerprint density at radius 3 is 2.54 bits per heavy atom. The lowest BCUT2D eigenvalue weighted by Gasteiger charge is -2.16. The Hall–Kier alpha value is -4.87. The quantitative estimate of drug-likeness (QED) is 0.262. The fourth-order valence-corrected chi connectivity index (χ4v) is 5.87. The number of fused-ring (bicyclic) bond motifs is 1. The van der Waals surface area contributed by atoms with Crippen LogP contribution in [0.5, 0.6) is 5.75 Å². The van der Waals surface area contributed by atoms with Crippen molar-refractivity contribution in [2.24, 2.45) is 0 Å². The van der Waals surface area contributed by atoms with Gasteiger partial charge < -0.3 is 9.72 Å². The molecule has 39 heavy (non-hydrogen) atoms. The lowest BCUT2D eigenvalue weighted by molar-refractivity contribution is -0.121. The van der Waals surface area contributed by atoms with E-state index in [1.165, 1.54) is 16.7 Å². The van der Waals surface area contributed by atoms with E-state index in [-0.39, 0.29) is 18.2 Å². The number of methoxy groups -OCH3 is 1. The molecule has 0 spiro atoms. The molecule has 1 aliphatic rings. The lowest BCUT2D eigenvalue weighted by Crippen LogP contribution is -2.31. The molecule has 1 aliphatic heterocycles. The number of ether oxygens (including phenoxy) is 1. The number of anilines is 1. The molecule has 1 fully saturated rings. The van der Waals surface area contributed by atoms with Crippen molar-refractivity contribution in [3.05, 3.63) is 96.7 Å². The average Bonchev–Trinajstić information content (AvgIpc) is 3.55. The second-order valence-corrected chi connectivity index (χ2v) is 10.3. The third-order valence-corrected chi connectivity index (χ3v) is 7.90. The van der Waals surface area contributed by atoms with Gasteiger partial charge in [-0.3, -0.25) is 9.59 Å². The highest BCUT2D eigenvalue weighted by molar-refractivity contribution is 8.00. The molecule has 1 N–H and O–H groups in total. The molecule has 0 saturated carbocycles. The van der Waals surface area contributed by atoms with Crippen LogP contribution in [0.1, 0.15) is 12.0 Å². The molecular formula is C31H22N4O3S. The van der Waals surface area contributed by atoms with Gasteiger partial charge in [-0.15, -0.1) is 0 Å². The van der Waals surface area contributed by atoms with Crippen molar-refractivity contribution in [1.29, 1.82) is 5.26 Å². The third kappa shape index (κ3) is 4.54. The number of aromatic nitrogens is 2. The maximum absolute atomic E-state index is 13.5. The van der Waals surface area contributed by atoms with Gasteiger partial charge in [-0.25, -0.2) is 9.88 Å². The highest BCUT2D eigenvalue weighted by atomic mass is 32.2. The molecule has 0 aliphatic carbocycles. The standard InChI is InChI=1S/C31H22N4O3S/c1-38-23-11-8-19(9-12-23)24-16-27(20-5-3-2-4-6-20)34-30(25(24)18-32)39-28-17-29(36)35(31(28)37)22-10-7-21-13-14-33-26(21)15-22/h2-16,28,33H,17H2,1H3. The minimum atomic E-state index is -0.703. The number of rotatable bonds is 6. The van der Waals surface area contributed by atoms with E-state index >= 15 is 0 Å². The van der Waals surface area contributed by atoms with Crippen LogP contribution >= 0.6 is 11.8 Å². The summed E-state index contributed by atoms with van der Waals surface area (Å²) in [5.74, 6) is 0.103. The van der Waals surface area contributed by atoms with Gasteiger partial charge in [-0.1, -0.05) is 60.3 Å². The first-order valence-corrected chi connectivity index (χ1v) is 13.2. The van der Waals surface area contributed by atoms with Crippen LogP contribution in [0.4, 0.5) is 5.69 Å². The first-order chi connectivity index (χ1) is 19.1. The number of amides is 2. The van der Waals surface area contributed by atoms with Crippen LogP contribution in [0.3, 0.4) is 0 Å². The Morgan fingerprint density at radius 2 is 1.79 bits per heavy atom. The molecule has 3 aromatic carbocycles. The summed E-state index contributed by atoms with van der Waals surface area (Å²) < 4.78 is 5.30. The highest BCUT2D eigenvalue weighted by Crippen LogP contribution is 2.39. The third-order valence-electron chi connectivity index (χ3n) is 6.72. The second-order valence-electron chi connectivity index (χ2n) is 9.07. The number of nitrogens with one attached hydrogen (secondary N) is 1. The van der Waals surface area contributed by atoms with E-state index in [2.05, 4.69) is 11.1 Å². The fraction of sp³-hybridized carbons (Fsp3) is 0.0968. The van der Waals surface area contributed by atoms with Gasteiger partial charge in [-0.05, 0) is 47.3 Å². The van der Waals surface area contributed by atoms with Gasteiger partial charge in [0.05, 0.1) is 29.3 Å². The molecule has 2 amide bonds. The van der Waals surface area contributed by atoms with Gasteiger partial charge in [-0.2, -0.15) is 5.26 Å². The molecule has 1 unspecified atom stereocenters. The maximum Gasteiger partial charge on any atom is 0.247 e. The Bertz CT molecular complexity index is 1760. The molecule has 6 rings (SSSR count). The van der Waals surface area contributed by atoms with Gasteiger partial charge in [0.15, 0.2) is 0 Å². The van der Waals surface area contributed by atoms with Crippen LogP contribution in [0, 0.1) is 11.3 Å². The molecular weight excluding hydrogens is 508 g/mol. The van der Waals surface area contributed by atoms with E-state index in [1.807, 2.05) is 79.0 Å². The Kier molecular flexibility index (Phi) is 6.35. The smallest absolute Gasteiger partial charge is 0.247 e. The first-order valence-electron chi connectivity index (χ1n) is 12.3. The minimum Gasteiger partial charge on any atom is -0.497 e. The zero-order valence-electron chi connectivity index (χ0n) is 20.9. The number of carbonyl (C=O) groups is 2. The number of carbonyl (C=O) groups excluding carboxylic acids is 2. The minimum absolute atomic E-state index is 0.0201. The molecule has 7 nitrogen and oxygen atoms in total. The summed E-state index contributed by atoms with van der Waals surface area (Å²) in [5.41, 5.74) is 4.80. The van der Waals surface area contributed by atoms with Crippen LogP contribution in [-0.4, -0.2) is 34.1 Å². The zero-order valence-corrected chi connectivity index (χ0v) is 21.7. The predicted molar refractivity (Wildman–Crippen MR) is 151 cm³/mol. The highest BCUT2D eigenvalue weighted by Gasteiger charge is 2.41.